The highest BCUT2D eigenvalue weighted by Crippen LogP contribution is 2.29. The van der Waals surface area contributed by atoms with Crippen molar-refractivity contribution in [2.45, 2.75) is 58.0 Å². The minimum Gasteiger partial charge on any atom is -0.496 e. The van der Waals surface area contributed by atoms with Crippen molar-refractivity contribution in [3.8, 4) is 5.75 Å². The van der Waals surface area contributed by atoms with Crippen molar-refractivity contribution in [3.63, 3.8) is 0 Å². The van der Waals surface area contributed by atoms with E-state index in [4.69, 9.17) is 4.74 Å². The Bertz CT molecular complexity index is 727. The second-order valence-corrected chi connectivity index (χ2v) is 8.26. The summed E-state index contributed by atoms with van der Waals surface area (Å²) in [6.45, 7) is 8.61. The quantitative estimate of drug-likeness (QED) is 0.754. The van der Waals surface area contributed by atoms with Crippen LogP contribution >= 0.6 is 0 Å². The van der Waals surface area contributed by atoms with Gasteiger partial charge in [0, 0.05) is 23.8 Å². The van der Waals surface area contributed by atoms with Gasteiger partial charge in [0.05, 0.1) is 7.11 Å². The number of ether oxygens (including phenoxy) is 1. The van der Waals surface area contributed by atoms with Gasteiger partial charge in [-0.3, -0.25) is 0 Å². The molecule has 0 bridgehead atoms. The summed E-state index contributed by atoms with van der Waals surface area (Å²) in [7, 11) is 1.74. The van der Waals surface area contributed by atoms with Crippen molar-refractivity contribution in [1.82, 2.24) is 5.32 Å². The van der Waals surface area contributed by atoms with Gasteiger partial charge in [0.2, 0.25) is 0 Å². The summed E-state index contributed by atoms with van der Waals surface area (Å²) in [5.41, 5.74) is 5.20. The van der Waals surface area contributed by atoms with Gasteiger partial charge in [0.1, 0.15) is 5.75 Å². The van der Waals surface area contributed by atoms with Gasteiger partial charge in [-0.15, -0.1) is 0 Å². The van der Waals surface area contributed by atoms with Crippen molar-refractivity contribution >= 4 is 5.69 Å². The van der Waals surface area contributed by atoms with E-state index in [1.807, 2.05) is 0 Å². The van der Waals surface area contributed by atoms with Crippen LogP contribution in [0.25, 0.3) is 0 Å². The lowest BCUT2D eigenvalue weighted by atomic mass is 9.86. The molecule has 3 heteroatoms. The van der Waals surface area contributed by atoms with Gasteiger partial charge < -0.3 is 15.4 Å². The molecule has 0 spiro atoms. The first-order valence-electron chi connectivity index (χ1n) is 9.72. The minimum atomic E-state index is 0.133. The van der Waals surface area contributed by atoms with Gasteiger partial charge in [0.15, 0.2) is 0 Å². The molecule has 0 amide bonds. The fourth-order valence-electron chi connectivity index (χ4n) is 3.58. The maximum absolute atomic E-state index is 5.57. The van der Waals surface area contributed by atoms with Crippen LogP contribution < -0.4 is 15.4 Å². The lowest BCUT2D eigenvalue weighted by Crippen LogP contribution is -2.26. The Hall–Kier alpha value is -2.00. The van der Waals surface area contributed by atoms with Crippen LogP contribution in [0.3, 0.4) is 0 Å². The number of anilines is 1. The molecule has 1 aliphatic heterocycles. The lowest BCUT2D eigenvalue weighted by molar-refractivity contribution is 0.409. The average molecular weight is 353 g/mol. The number of benzene rings is 2. The number of hydrogen-bond acceptors (Lipinski definition) is 3. The molecule has 1 fully saturated rings. The van der Waals surface area contributed by atoms with Crippen molar-refractivity contribution in [2.75, 3.05) is 19.0 Å². The first kappa shape index (κ1) is 18.8. The molecule has 2 aromatic rings. The molecule has 26 heavy (non-hydrogen) atoms. The number of piperidine rings is 1. The van der Waals surface area contributed by atoms with Crippen molar-refractivity contribution in [1.29, 1.82) is 0 Å². The summed E-state index contributed by atoms with van der Waals surface area (Å²) < 4.78 is 5.57. The summed E-state index contributed by atoms with van der Waals surface area (Å²) >= 11 is 0. The van der Waals surface area contributed by atoms with Gasteiger partial charge in [-0.2, -0.15) is 0 Å². The second kappa shape index (κ2) is 8.13. The Morgan fingerprint density at radius 2 is 1.96 bits per heavy atom. The highest BCUT2D eigenvalue weighted by atomic mass is 16.5. The third kappa shape index (κ3) is 4.59. The molecule has 0 radical (unpaired) electrons. The summed E-state index contributed by atoms with van der Waals surface area (Å²) in [6.07, 6.45) is 3.83. The molecule has 1 atom stereocenters. The van der Waals surface area contributed by atoms with Gasteiger partial charge in [-0.05, 0) is 60.2 Å². The third-order valence-electron chi connectivity index (χ3n) is 5.23. The number of nitrogens with one attached hydrogen (secondary N) is 2. The first-order chi connectivity index (χ1) is 12.5. The highest BCUT2D eigenvalue weighted by molar-refractivity contribution is 5.49. The molecule has 0 aliphatic carbocycles. The van der Waals surface area contributed by atoms with E-state index in [0.29, 0.717) is 6.04 Å². The van der Waals surface area contributed by atoms with Crippen molar-refractivity contribution < 1.29 is 4.74 Å². The Morgan fingerprint density at radius 3 is 2.65 bits per heavy atom. The maximum Gasteiger partial charge on any atom is 0.123 e. The predicted molar refractivity (Wildman–Crippen MR) is 110 cm³/mol. The molecule has 0 saturated carbocycles. The van der Waals surface area contributed by atoms with Crippen LogP contribution in [0.15, 0.2) is 42.5 Å². The minimum absolute atomic E-state index is 0.133. The SMILES string of the molecule is COc1ccc(C(C)(C)C)cc1CNc1cccc([C@@H]2CCCCN2)c1. The molecule has 1 heterocycles. The van der Waals surface area contributed by atoms with Crippen LogP contribution in [0.1, 0.15) is 62.8 Å². The van der Waals surface area contributed by atoms with Crippen LogP contribution in [0, 0.1) is 0 Å². The Kier molecular flexibility index (Phi) is 5.87. The van der Waals surface area contributed by atoms with E-state index in [2.05, 4.69) is 73.9 Å². The Morgan fingerprint density at radius 1 is 1.12 bits per heavy atom. The van der Waals surface area contributed by atoms with E-state index in [-0.39, 0.29) is 5.41 Å². The van der Waals surface area contributed by atoms with E-state index in [1.165, 1.54) is 36.0 Å². The molecule has 1 saturated heterocycles. The van der Waals surface area contributed by atoms with Crippen LogP contribution in [0.5, 0.6) is 5.75 Å². The monoisotopic (exact) mass is 352 g/mol. The van der Waals surface area contributed by atoms with Gasteiger partial charge in [-0.25, -0.2) is 0 Å². The Labute approximate surface area is 158 Å². The largest absolute Gasteiger partial charge is 0.496 e. The molecule has 2 aromatic carbocycles. The molecule has 3 rings (SSSR count). The van der Waals surface area contributed by atoms with Crippen molar-refractivity contribution in [2.24, 2.45) is 0 Å². The van der Waals surface area contributed by atoms with E-state index < -0.39 is 0 Å². The number of hydrogen-bond donors (Lipinski definition) is 2. The average Bonchev–Trinajstić information content (AvgIpc) is 2.66. The normalized spacial score (nSPS) is 17.8. The van der Waals surface area contributed by atoms with Crippen LogP contribution in [-0.4, -0.2) is 13.7 Å². The summed E-state index contributed by atoms with van der Waals surface area (Å²) in [6, 6.07) is 15.8. The second-order valence-electron chi connectivity index (χ2n) is 8.26. The molecule has 140 valence electrons. The van der Waals surface area contributed by atoms with E-state index >= 15 is 0 Å². The zero-order valence-corrected chi connectivity index (χ0v) is 16.6. The summed E-state index contributed by atoms with van der Waals surface area (Å²) in [5.74, 6) is 0.940. The number of methoxy groups -OCH3 is 1. The summed E-state index contributed by atoms with van der Waals surface area (Å²) in [5, 5.41) is 7.22. The zero-order chi connectivity index (χ0) is 18.6. The van der Waals surface area contributed by atoms with Crippen molar-refractivity contribution in [3.05, 3.63) is 59.2 Å². The van der Waals surface area contributed by atoms with Gasteiger partial charge in [-0.1, -0.05) is 45.4 Å². The smallest absolute Gasteiger partial charge is 0.123 e. The van der Waals surface area contributed by atoms with Gasteiger partial charge in [0.25, 0.3) is 0 Å². The van der Waals surface area contributed by atoms with Crippen LogP contribution in [0.2, 0.25) is 0 Å². The predicted octanol–water partition coefficient (Wildman–Crippen LogP) is 5.42. The van der Waals surface area contributed by atoms with E-state index in [9.17, 15) is 0 Å². The molecule has 3 nitrogen and oxygen atoms in total. The van der Waals surface area contributed by atoms with Crippen LogP contribution in [-0.2, 0) is 12.0 Å². The molecular formula is C23H32N2O. The maximum atomic E-state index is 5.57. The van der Waals surface area contributed by atoms with E-state index in [0.717, 1.165) is 24.5 Å². The third-order valence-corrected chi connectivity index (χ3v) is 5.23. The molecule has 1 aliphatic rings. The fraction of sp³-hybridized carbons (Fsp3) is 0.478. The Balaban J connectivity index is 1.74. The molecular weight excluding hydrogens is 320 g/mol. The topological polar surface area (TPSA) is 33.3 Å². The molecule has 0 unspecified atom stereocenters. The fourth-order valence-corrected chi connectivity index (χ4v) is 3.58. The van der Waals surface area contributed by atoms with Gasteiger partial charge >= 0.3 is 0 Å². The first-order valence-corrected chi connectivity index (χ1v) is 9.72. The number of rotatable bonds is 5. The zero-order valence-electron chi connectivity index (χ0n) is 16.6. The van der Waals surface area contributed by atoms with Crippen LogP contribution in [0.4, 0.5) is 5.69 Å². The standard InChI is InChI=1S/C23H32N2O/c1-23(2,3)19-11-12-22(26-4)18(14-19)16-25-20-9-7-8-17(15-20)21-10-5-6-13-24-21/h7-9,11-12,14-15,21,24-25H,5-6,10,13,16H2,1-4H3/t21-/m0/s1. The van der Waals surface area contributed by atoms with E-state index in [1.54, 1.807) is 7.11 Å². The summed E-state index contributed by atoms with van der Waals surface area (Å²) in [4.78, 5) is 0. The highest BCUT2D eigenvalue weighted by Gasteiger charge is 2.17. The molecule has 0 aromatic heterocycles. The lowest BCUT2D eigenvalue weighted by Gasteiger charge is -2.24. The molecule has 2 N–H and O–H groups in total.